The van der Waals surface area contributed by atoms with Crippen LogP contribution in [-0.4, -0.2) is 19.9 Å². The van der Waals surface area contributed by atoms with Crippen molar-refractivity contribution >= 4 is 25.4 Å². The average molecular weight is 382 g/mol. The van der Waals surface area contributed by atoms with Crippen LogP contribution in [0.2, 0.25) is 0 Å². The summed E-state index contributed by atoms with van der Waals surface area (Å²) in [4.78, 5) is 4.62. The Morgan fingerprint density at radius 1 is 1.12 bits per heavy atom. The smallest absolute Gasteiger partial charge is 0.261 e. The number of hydrogen-bond acceptors (Lipinski definition) is 4. The van der Waals surface area contributed by atoms with E-state index in [0.717, 1.165) is 0 Å². The highest BCUT2D eigenvalue weighted by molar-refractivity contribution is 8.13. The minimum absolute atomic E-state index is 0.0659. The molecule has 0 spiro atoms. The number of hydrogen-bond donors (Lipinski definition) is 0. The molecule has 1 heterocycles. The Balaban J connectivity index is 2.27. The van der Waals surface area contributed by atoms with E-state index in [-0.39, 0.29) is 4.90 Å². The van der Waals surface area contributed by atoms with Crippen LogP contribution in [0.15, 0.2) is 52.4 Å². The number of aliphatic imine (C=N–C) groups is 1. The number of halogens is 2. The van der Waals surface area contributed by atoms with Gasteiger partial charge in [0.2, 0.25) is 0 Å². The lowest BCUT2D eigenvalue weighted by atomic mass is 9.96. The normalized spacial score (nSPS) is 15.9. The van der Waals surface area contributed by atoms with Crippen LogP contribution in [0.3, 0.4) is 0 Å². The molecule has 7 heteroatoms. The predicted molar refractivity (Wildman–Crippen MR) is 95.5 cm³/mol. The molecule has 0 saturated heterocycles. The molecule has 25 heavy (non-hydrogen) atoms. The van der Waals surface area contributed by atoms with Crippen molar-refractivity contribution in [3.8, 4) is 5.75 Å². The second-order valence-corrected chi connectivity index (χ2v) is 8.36. The monoisotopic (exact) mass is 381 g/mol. The maximum absolute atomic E-state index is 14.4. The topological polar surface area (TPSA) is 55.7 Å². The van der Waals surface area contributed by atoms with Gasteiger partial charge in [-0.15, -0.1) is 0 Å². The van der Waals surface area contributed by atoms with Gasteiger partial charge in [-0.2, -0.15) is 0 Å². The summed E-state index contributed by atoms with van der Waals surface area (Å²) in [6.07, 6.45) is 1.11. The number of fused-ring (bicyclic) bond motifs is 1. The molecule has 1 aliphatic rings. The Kier molecular flexibility index (Phi) is 4.60. The van der Waals surface area contributed by atoms with Crippen molar-refractivity contribution in [2.45, 2.75) is 37.3 Å². The van der Waals surface area contributed by atoms with Crippen LogP contribution in [0.4, 0.5) is 4.39 Å². The molecule has 1 aliphatic heterocycles. The van der Waals surface area contributed by atoms with Gasteiger partial charge in [-0.25, -0.2) is 17.8 Å². The van der Waals surface area contributed by atoms with E-state index in [1.54, 1.807) is 24.3 Å². The number of nitrogens with zero attached hydrogens (tertiary/aromatic N) is 1. The highest BCUT2D eigenvalue weighted by atomic mass is 35.7. The molecule has 0 radical (unpaired) electrons. The van der Waals surface area contributed by atoms with E-state index in [2.05, 4.69) is 4.99 Å². The number of benzene rings is 2. The van der Waals surface area contributed by atoms with Crippen molar-refractivity contribution in [2.75, 3.05) is 0 Å². The summed E-state index contributed by atoms with van der Waals surface area (Å²) in [5.41, 5.74) is 0.451. The third-order valence-corrected chi connectivity index (χ3v) is 5.69. The van der Waals surface area contributed by atoms with E-state index in [1.165, 1.54) is 18.2 Å². The number of ether oxygens (including phenoxy) is 1. The van der Waals surface area contributed by atoms with E-state index < -0.39 is 20.6 Å². The molecule has 0 atom stereocenters. The zero-order chi connectivity index (χ0) is 18.2. The molecule has 0 unspecified atom stereocenters. The Bertz CT molecular complexity index is 953. The lowest BCUT2D eigenvalue weighted by molar-refractivity contribution is 0.0656. The van der Waals surface area contributed by atoms with Gasteiger partial charge < -0.3 is 4.74 Å². The summed E-state index contributed by atoms with van der Waals surface area (Å²) in [6, 6.07) is 10.6. The van der Waals surface area contributed by atoms with Crippen LogP contribution >= 0.6 is 10.7 Å². The molecule has 0 saturated carbocycles. The summed E-state index contributed by atoms with van der Waals surface area (Å²) in [6.45, 7) is 3.83. The van der Waals surface area contributed by atoms with Crippen molar-refractivity contribution < 1.29 is 17.5 Å². The molecular weight excluding hydrogens is 365 g/mol. The second-order valence-electron chi connectivity index (χ2n) is 5.79. The molecule has 0 aliphatic carbocycles. The summed E-state index contributed by atoms with van der Waals surface area (Å²) in [5, 5.41) is 0. The fourth-order valence-corrected chi connectivity index (χ4v) is 3.60. The largest absolute Gasteiger partial charge is 0.465 e. The molecule has 0 fully saturated rings. The van der Waals surface area contributed by atoms with Crippen LogP contribution in [0, 0.1) is 5.82 Å². The lowest BCUT2D eigenvalue weighted by Crippen LogP contribution is -2.37. The van der Waals surface area contributed by atoms with Crippen LogP contribution in [0.1, 0.15) is 37.8 Å². The minimum atomic E-state index is -3.90. The van der Waals surface area contributed by atoms with Crippen LogP contribution in [0.5, 0.6) is 5.75 Å². The van der Waals surface area contributed by atoms with Gasteiger partial charge in [0, 0.05) is 40.7 Å². The SMILES string of the molecule is CCC1(CC)N=C(c2ccccc2F)c2ccc(S(=O)(=O)Cl)cc2O1. The van der Waals surface area contributed by atoms with Gasteiger partial charge in [0.15, 0.2) is 5.72 Å². The van der Waals surface area contributed by atoms with Crippen LogP contribution in [0.25, 0.3) is 0 Å². The summed E-state index contributed by atoms with van der Waals surface area (Å²) in [7, 11) is 1.55. The Labute approximate surface area is 150 Å². The third-order valence-electron chi connectivity index (χ3n) is 4.34. The van der Waals surface area contributed by atoms with Crippen molar-refractivity contribution in [1.29, 1.82) is 0 Å². The first-order chi connectivity index (χ1) is 11.8. The van der Waals surface area contributed by atoms with Gasteiger partial charge in [0.05, 0.1) is 10.6 Å². The fraction of sp³-hybridized carbons (Fsp3) is 0.278. The van der Waals surface area contributed by atoms with Crippen LogP contribution < -0.4 is 4.74 Å². The summed E-state index contributed by atoms with van der Waals surface area (Å²) < 4.78 is 43.7. The predicted octanol–water partition coefficient (Wildman–Crippen LogP) is 4.50. The third kappa shape index (κ3) is 3.28. The highest BCUT2D eigenvalue weighted by Gasteiger charge is 2.35. The van der Waals surface area contributed by atoms with Gasteiger partial charge in [0.25, 0.3) is 9.05 Å². The first kappa shape index (κ1) is 17.9. The van der Waals surface area contributed by atoms with Gasteiger partial charge in [-0.05, 0) is 24.3 Å². The quantitative estimate of drug-likeness (QED) is 0.733. The van der Waals surface area contributed by atoms with Crippen molar-refractivity contribution in [1.82, 2.24) is 0 Å². The van der Waals surface area contributed by atoms with Gasteiger partial charge >= 0.3 is 0 Å². The highest BCUT2D eigenvalue weighted by Crippen LogP contribution is 2.38. The molecule has 0 bridgehead atoms. The molecule has 132 valence electrons. The maximum Gasteiger partial charge on any atom is 0.261 e. The maximum atomic E-state index is 14.4. The fourth-order valence-electron chi connectivity index (χ4n) is 2.84. The van der Waals surface area contributed by atoms with Gasteiger partial charge in [-0.3, -0.25) is 0 Å². The van der Waals surface area contributed by atoms with E-state index in [9.17, 15) is 12.8 Å². The Hall–Kier alpha value is -1.92. The first-order valence-electron chi connectivity index (χ1n) is 7.92. The van der Waals surface area contributed by atoms with E-state index in [4.69, 9.17) is 15.4 Å². The van der Waals surface area contributed by atoms with E-state index in [1.807, 2.05) is 13.8 Å². The molecular formula is C18H17ClFNO3S. The molecule has 0 amide bonds. The van der Waals surface area contributed by atoms with Crippen LogP contribution in [-0.2, 0) is 9.05 Å². The summed E-state index contributed by atoms with van der Waals surface area (Å²) in [5.74, 6) is -0.0667. The zero-order valence-electron chi connectivity index (χ0n) is 13.8. The molecule has 0 N–H and O–H groups in total. The van der Waals surface area contributed by atoms with Gasteiger partial charge in [-0.1, -0.05) is 26.0 Å². The first-order valence-corrected chi connectivity index (χ1v) is 10.2. The van der Waals surface area contributed by atoms with Crippen molar-refractivity contribution in [3.05, 3.63) is 59.4 Å². The molecule has 2 aromatic carbocycles. The molecule has 3 rings (SSSR count). The second kappa shape index (κ2) is 6.42. The minimum Gasteiger partial charge on any atom is -0.465 e. The zero-order valence-corrected chi connectivity index (χ0v) is 15.4. The van der Waals surface area contributed by atoms with Crippen molar-refractivity contribution in [3.63, 3.8) is 0 Å². The summed E-state index contributed by atoms with van der Waals surface area (Å²) >= 11 is 0. The van der Waals surface area contributed by atoms with Gasteiger partial charge in [0.1, 0.15) is 11.6 Å². The Morgan fingerprint density at radius 2 is 1.80 bits per heavy atom. The van der Waals surface area contributed by atoms with Crippen molar-refractivity contribution in [2.24, 2.45) is 4.99 Å². The number of rotatable bonds is 4. The van der Waals surface area contributed by atoms with E-state index in [0.29, 0.717) is 35.4 Å². The molecule has 4 nitrogen and oxygen atoms in total. The Morgan fingerprint density at radius 3 is 2.40 bits per heavy atom. The molecule has 2 aromatic rings. The van der Waals surface area contributed by atoms with E-state index >= 15 is 0 Å². The molecule has 0 aromatic heterocycles. The lowest BCUT2D eigenvalue weighted by Gasteiger charge is -2.35. The average Bonchev–Trinajstić information content (AvgIpc) is 2.60. The standard InChI is InChI=1S/C18H17ClFNO3S/c1-3-18(4-2)21-17(13-7-5-6-8-15(13)20)14-10-9-12(25(19,22)23)11-16(14)24-18/h5-11H,3-4H2,1-2H3.